The smallest absolute Gasteiger partial charge is 0.243 e. The molecule has 1 aliphatic heterocycles. The number of allylic oxidation sites excluding steroid dienone is 3. The molecule has 0 atom stereocenters. The number of rotatable bonds is 6. The van der Waals surface area contributed by atoms with Gasteiger partial charge in [-0.25, -0.2) is 0 Å². The first-order valence-corrected chi connectivity index (χ1v) is 6.87. The van der Waals surface area contributed by atoms with E-state index in [0.717, 1.165) is 39.0 Å². The number of ether oxygens (including phenoxy) is 1. The lowest BCUT2D eigenvalue weighted by molar-refractivity contribution is -0.116. The molecule has 1 amide bonds. The zero-order chi connectivity index (χ0) is 13.2. The summed E-state index contributed by atoms with van der Waals surface area (Å²) in [5, 5.41) is 2.94. The molecule has 1 N–H and O–H groups in total. The minimum absolute atomic E-state index is 0.00399. The molecule has 0 saturated carbocycles. The highest BCUT2D eigenvalue weighted by atomic mass is 16.5. The Morgan fingerprint density at radius 2 is 2.06 bits per heavy atom. The Kier molecular flexibility index (Phi) is 7.42. The van der Waals surface area contributed by atoms with Crippen LogP contribution in [0.25, 0.3) is 0 Å². The molecule has 1 heterocycles. The van der Waals surface area contributed by atoms with Crippen molar-refractivity contribution in [2.75, 3.05) is 19.8 Å². The van der Waals surface area contributed by atoms with Crippen molar-refractivity contribution in [3.8, 4) is 0 Å². The fourth-order valence-corrected chi connectivity index (χ4v) is 1.83. The summed E-state index contributed by atoms with van der Waals surface area (Å²) in [6.07, 6.45) is 10.6. The molecule has 1 saturated heterocycles. The lowest BCUT2D eigenvalue weighted by Crippen LogP contribution is -2.31. The van der Waals surface area contributed by atoms with Crippen LogP contribution in [-0.2, 0) is 9.53 Å². The summed E-state index contributed by atoms with van der Waals surface area (Å²) in [6.45, 7) is 6.77. The van der Waals surface area contributed by atoms with Gasteiger partial charge in [-0.2, -0.15) is 0 Å². The van der Waals surface area contributed by atoms with E-state index in [-0.39, 0.29) is 5.91 Å². The number of carbonyl (C=O) groups is 1. The SMILES string of the molecule is CC(C)CC=CC=CC(=O)NCC1CCOCC1. The molecule has 1 aliphatic rings. The maximum atomic E-state index is 11.5. The van der Waals surface area contributed by atoms with Gasteiger partial charge < -0.3 is 10.1 Å². The van der Waals surface area contributed by atoms with E-state index in [2.05, 4.69) is 25.2 Å². The Labute approximate surface area is 110 Å². The van der Waals surface area contributed by atoms with Crippen molar-refractivity contribution in [2.24, 2.45) is 11.8 Å². The van der Waals surface area contributed by atoms with Crippen molar-refractivity contribution in [2.45, 2.75) is 33.1 Å². The molecule has 0 aromatic carbocycles. The van der Waals surface area contributed by atoms with Gasteiger partial charge in [0.25, 0.3) is 0 Å². The minimum Gasteiger partial charge on any atom is -0.381 e. The van der Waals surface area contributed by atoms with Gasteiger partial charge in [0.1, 0.15) is 0 Å². The van der Waals surface area contributed by atoms with Crippen LogP contribution < -0.4 is 5.32 Å². The Bertz CT molecular complexity index is 289. The highest BCUT2D eigenvalue weighted by Gasteiger charge is 2.13. The van der Waals surface area contributed by atoms with Crippen LogP contribution in [0.1, 0.15) is 33.1 Å². The third-order valence-electron chi connectivity index (χ3n) is 3.01. The molecular formula is C15H25NO2. The van der Waals surface area contributed by atoms with E-state index in [9.17, 15) is 4.79 Å². The fourth-order valence-electron chi connectivity index (χ4n) is 1.83. The third-order valence-corrected chi connectivity index (χ3v) is 3.01. The van der Waals surface area contributed by atoms with E-state index in [1.54, 1.807) is 6.08 Å². The van der Waals surface area contributed by atoms with Gasteiger partial charge in [-0.15, -0.1) is 0 Å². The predicted molar refractivity (Wildman–Crippen MR) is 74.3 cm³/mol. The van der Waals surface area contributed by atoms with Crippen LogP contribution in [0, 0.1) is 11.8 Å². The Morgan fingerprint density at radius 3 is 2.72 bits per heavy atom. The second-order valence-electron chi connectivity index (χ2n) is 5.22. The number of hydrogen-bond acceptors (Lipinski definition) is 2. The van der Waals surface area contributed by atoms with Crippen LogP contribution in [0.3, 0.4) is 0 Å². The molecule has 1 rings (SSSR count). The average Bonchev–Trinajstić information content (AvgIpc) is 2.37. The van der Waals surface area contributed by atoms with Crippen molar-refractivity contribution in [3.05, 3.63) is 24.3 Å². The highest BCUT2D eigenvalue weighted by molar-refractivity contribution is 5.87. The molecule has 18 heavy (non-hydrogen) atoms. The van der Waals surface area contributed by atoms with E-state index >= 15 is 0 Å². The molecule has 0 bridgehead atoms. The first-order chi connectivity index (χ1) is 8.68. The average molecular weight is 251 g/mol. The van der Waals surface area contributed by atoms with E-state index in [4.69, 9.17) is 4.74 Å². The molecule has 1 fully saturated rings. The lowest BCUT2D eigenvalue weighted by Gasteiger charge is -2.21. The maximum Gasteiger partial charge on any atom is 0.243 e. The van der Waals surface area contributed by atoms with E-state index in [1.165, 1.54) is 0 Å². The van der Waals surface area contributed by atoms with Gasteiger partial charge in [-0.05, 0) is 31.1 Å². The summed E-state index contributed by atoms with van der Waals surface area (Å²) in [6, 6.07) is 0. The third kappa shape index (κ3) is 7.28. The molecule has 0 aliphatic carbocycles. The van der Waals surface area contributed by atoms with E-state index in [0.29, 0.717) is 11.8 Å². The Morgan fingerprint density at radius 1 is 1.33 bits per heavy atom. The van der Waals surface area contributed by atoms with Crippen molar-refractivity contribution < 1.29 is 9.53 Å². The van der Waals surface area contributed by atoms with Gasteiger partial charge in [0, 0.05) is 25.8 Å². The van der Waals surface area contributed by atoms with Crippen LogP contribution in [0.15, 0.2) is 24.3 Å². The summed E-state index contributed by atoms with van der Waals surface area (Å²) in [4.78, 5) is 11.5. The molecule has 102 valence electrons. The molecule has 0 spiro atoms. The monoisotopic (exact) mass is 251 g/mol. The van der Waals surface area contributed by atoms with E-state index < -0.39 is 0 Å². The highest BCUT2D eigenvalue weighted by Crippen LogP contribution is 2.12. The molecule has 0 radical (unpaired) electrons. The number of amides is 1. The number of hydrogen-bond donors (Lipinski definition) is 1. The maximum absolute atomic E-state index is 11.5. The first-order valence-electron chi connectivity index (χ1n) is 6.87. The zero-order valence-corrected chi connectivity index (χ0v) is 11.5. The topological polar surface area (TPSA) is 38.3 Å². The second-order valence-corrected chi connectivity index (χ2v) is 5.22. The fraction of sp³-hybridized carbons (Fsp3) is 0.667. The molecule has 3 nitrogen and oxygen atoms in total. The zero-order valence-electron chi connectivity index (χ0n) is 11.5. The predicted octanol–water partition coefficient (Wildman–Crippen LogP) is 2.69. The van der Waals surface area contributed by atoms with Crippen LogP contribution in [-0.4, -0.2) is 25.7 Å². The summed E-state index contributed by atoms with van der Waals surface area (Å²) < 4.78 is 5.28. The van der Waals surface area contributed by atoms with Crippen molar-refractivity contribution >= 4 is 5.91 Å². The van der Waals surface area contributed by atoms with Gasteiger partial charge >= 0.3 is 0 Å². The Hall–Kier alpha value is -1.09. The summed E-state index contributed by atoms with van der Waals surface area (Å²) >= 11 is 0. The van der Waals surface area contributed by atoms with Gasteiger partial charge in [0.2, 0.25) is 5.91 Å². The summed E-state index contributed by atoms with van der Waals surface area (Å²) in [5.74, 6) is 1.24. The standard InChI is InChI=1S/C15H25NO2/c1-13(2)6-4-3-5-7-15(17)16-12-14-8-10-18-11-9-14/h3-5,7,13-14H,6,8-12H2,1-2H3,(H,16,17). The van der Waals surface area contributed by atoms with Gasteiger partial charge in [-0.3, -0.25) is 4.79 Å². The second kappa shape index (κ2) is 8.92. The molecule has 0 unspecified atom stereocenters. The van der Waals surface area contributed by atoms with Gasteiger partial charge in [-0.1, -0.05) is 32.1 Å². The minimum atomic E-state index is -0.00399. The van der Waals surface area contributed by atoms with Crippen LogP contribution in [0.2, 0.25) is 0 Å². The largest absolute Gasteiger partial charge is 0.381 e. The van der Waals surface area contributed by atoms with Crippen molar-refractivity contribution in [1.82, 2.24) is 5.32 Å². The van der Waals surface area contributed by atoms with Crippen molar-refractivity contribution in [3.63, 3.8) is 0 Å². The summed E-state index contributed by atoms with van der Waals surface area (Å²) in [7, 11) is 0. The molecule has 3 heteroatoms. The normalized spacial score (nSPS) is 17.9. The molecule has 0 aromatic heterocycles. The first kappa shape index (κ1) is 15.0. The van der Waals surface area contributed by atoms with Crippen LogP contribution in [0.4, 0.5) is 0 Å². The molecule has 0 aromatic rings. The van der Waals surface area contributed by atoms with Gasteiger partial charge in [0.05, 0.1) is 0 Å². The van der Waals surface area contributed by atoms with Crippen LogP contribution >= 0.6 is 0 Å². The Balaban J connectivity index is 2.12. The van der Waals surface area contributed by atoms with Gasteiger partial charge in [0.15, 0.2) is 0 Å². The number of carbonyl (C=O) groups excluding carboxylic acids is 1. The van der Waals surface area contributed by atoms with E-state index in [1.807, 2.05) is 12.2 Å². The lowest BCUT2D eigenvalue weighted by atomic mass is 10.0. The quantitative estimate of drug-likeness (QED) is 0.582. The number of nitrogens with one attached hydrogen (secondary N) is 1. The van der Waals surface area contributed by atoms with Crippen LogP contribution in [0.5, 0.6) is 0 Å². The summed E-state index contributed by atoms with van der Waals surface area (Å²) in [5.41, 5.74) is 0. The van der Waals surface area contributed by atoms with Crippen molar-refractivity contribution in [1.29, 1.82) is 0 Å². The molecular weight excluding hydrogens is 226 g/mol.